The van der Waals surface area contributed by atoms with Gasteiger partial charge in [0.2, 0.25) is 12.7 Å². The zero-order chi connectivity index (χ0) is 16.1. The Morgan fingerprint density at radius 3 is 3.00 bits per heavy atom. The second kappa shape index (κ2) is 6.99. The van der Waals surface area contributed by atoms with E-state index in [2.05, 4.69) is 20.3 Å². The van der Waals surface area contributed by atoms with Gasteiger partial charge in [-0.15, -0.1) is 0 Å². The van der Waals surface area contributed by atoms with Crippen molar-refractivity contribution in [2.45, 2.75) is 19.8 Å². The molecule has 1 aliphatic heterocycles. The molecule has 8 heteroatoms. The van der Waals surface area contributed by atoms with Crippen LogP contribution in [0.1, 0.15) is 17.7 Å². The summed E-state index contributed by atoms with van der Waals surface area (Å²) in [4.78, 5) is 11.8. The van der Waals surface area contributed by atoms with Gasteiger partial charge >= 0.3 is 0 Å². The summed E-state index contributed by atoms with van der Waals surface area (Å²) in [6.45, 7) is 2.69. The molecule has 2 aromatic rings. The molecule has 2 heterocycles. The lowest BCUT2D eigenvalue weighted by Crippen LogP contribution is -2.28. The van der Waals surface area contributed by atoms with Crippen molar-refractivity contribution in [2.75, 3.05) is 19.9 Å². The van der Waals surface area contributed by atoms with Gasteiger partial charge in [-0.2, -0.15) is 0 Å². The van der Waals surface area contributed by atoms with Crippen LogP contribution in [-0.4, -0.2) is 36.2 Å². The van der Waals surface area contributed by atoms with E-state index in [0.717, 1.165) is 17.1 Å². The standard InChI is InChI=1S/C15H17N3O5/c1-10-15(18-23-17-10)20-7-6-16-14(19)5-3-11-2-4-12-13(8-11)22-9-21-12/h2,4,8H,3,5-7,9H2,1H3,(H,16,19). The van der Waals surface area contributed by atoms with Crippen LogP contribution in [0.2, 0.25) is 0 Å². The van der Waals surface area contributed by atoms with Crippen molar-refractivity contribution >= 4 is 5.91 Å². The van der Waals surface area contributed by atoms with E-state index in [1.165, 1.54) is 0 Å². The van der Waals surface area contributed by atoms with Crippen LogP contribution in [0, 0.1) is 6.92 Å². The molecule has 1 aromatic heterocycles. The first kappa shape index (κ1) is 15.1. The monoisotopic (exact) mass is 319 g/mol. The summed E-state index contributed by atoms with van der Waals surface area (Å²) in [7, 11) is 0. The number of hydrogen-bond donors (Lipinski definition) is 1. The summed E-state index contributed by atoms with van der Waals surface area (Å²) in [5.41, 5.74) is 1.61. The van der Waals surface area contributed by atoms with E-state index in [0.29, 0.717) is 37.6 Å². The van der Waals surface area contributed by atoms with Crippen LogP contribution in [0.25, 0.3) is 0 Å². The Hall–Kier alpha value is -2.77. The van der Waals surface area contributed by atoms with E-state index < -0.39 is 0 Å². The van der Waals surface area contributed by atoms with E-state index in [9.17, 15) is 4.79 Å². The van der Waals surface area contributed by atoms with Crippen LogP contribution in [0.4, 0.5) is 0 Å². The van der Waals surface area contributed by atoms with Crippen LogP contribution in [0.5, 0.6) is 17.4 Å². The van der Waals surface area contributed by atoms with E-state index in [1.807, 2.05) is 18.2 Å². The molecule has 1 amide bonds. The Kier molecular flexibility index (Phi) is 4.60. The molecule has 0 radical (unpaired) electrons. The first-order chi connectivity index (χ1) is 11.2. The zero-order valence-electron chi connectivity index (χ0n) is 12.7. The summed E-state index contributed by atoms with van der Waals surface area (Å²) in [6, 6.07) is 5.70. The van der Waals surface area contributed by atoms with Gasteiger partial charge in [-0.05, 0) is 36.2 Å². The molecule has 3 rings (SSSR count). The van der Waals surface area contributed by atoms with Crippen LogP contribution in [-0.2, 0) is 11.2 Å². The average Bonchev–Trinajstić information content (AvgIpc) is 3.18. The van der Waals surface area contributed by atoms with Crippen LogP contribution >= 0.6 is 0 Å². The normalized spacial score (nSPS) is 12.2. The number of carbonyl (C=O) groups is 1. The number of aromatic nitrogens is 2. The molecule has 0 aliphatic carbocycles. The minimum Gasteiger partial charge on any atom is -0.472 e. The number of nitrogens with one attached hydrogen (secondary N) is 1. The molecule has 8 nitrogen and oxygen atoms in total. The number of aryl methyl sites for hydroxylation is 2. The van der Waals surface area contributed by atoms with Gasteiger partial charge in [0.25, 0.3) is 5.88 Å². The Balaban J connectivity index is 1.36. The van der Waals surface area contributed by atoms with Crippen LogP contribution in [0.15, 0.2) is 22.8 Å². The quantitative estimate of drug-likeness (QED) is 0.767. The molecule has 122 valence electrons. The van der Waals surface area contributed by atoms with E-state index in [4.69, 9.17) is 14.2 Å². The fourth-order valence-electron chi connectivity index (χ4n) is 2.14. The van der Waals surface area contributed by atoms with E-state index in [1.54, 1.807) is 6.92 Å². The molecule has 0 saturated heterocycles. The maximum absolute atomic E-state index is 11.8. The first-order valence-electron chi connectivity index (χ1n) is 7.29. The van der Waals surface area contributed by atoms with Gasteiger partial charge in [0.1, 0.15) is 12.3 Å². The van der Waals surface area contributed by atoms with Crippen molar-refractivity contribution in [1.82, 2.24) is 15.6 Å². The minimum absolute atomic E-state index is 0.0405. The molecule has 1 aliphatic rings. The number of amides is 1. The maximum atomic E-state index is 11.8. The second-order valence-corrected chi connectivity index (χ2v) is 5.04. The highest BCUT2D eigenvalue weighted by Gasteiger charge is 2.13. The van der Waals surface area contributed by atoms with Gasteiger partial charge in [-0.25, -0.2) is 4.63 Å². The molecule has 0 fully saturated rings. The number of fused-ring (bicyclic) bond motifs is 1. The summed E-state index contributed by atoms with van der Waals surface area (Å²) in [5.74, 6) is 1.78. The molecule has 0 saturated carbocycles. The number of hydrogen-bond acceptors (Lipinski definition) is 7. The maximum Gasteiger partial charge on any atom is 0.278 e. The predicted octanol–water partition coefficient (Wildman–Crippen LogP) is 1.23. The largest absolute Gasteiger partial charge is 0.472 e. The lowest BCUT2D eigenvalue weighted by Gasteiger charge is -2.06. The predicted molar refractivity (Wildman–Crippen MR) is 78.4 cm³/mol. The van der Waals surface area contributed by atoms with Crippen LogP contribution in [0.3, 0.4) is 0 Å². The second-order valence-electron chi connectivity index (χ2n) is 5.04. The number of benzene rings is 1. The SMILES string of the molecule is Cc1nonc1OCCNC(=O)CCc1ccc2c(c1)OCO2. The smallest absolute Gasteiger partial charge is 0.278 e. The van der Waals surface area contributed by atoms with E-state index >= 15 is 0 Å². The van der Waals surface area contributed by atoms with Gasteiger partial charge in [0.15, 0.2) is 11.5 Å². The lowest BCUT2D eigenvalue weighted by atomic mass is 10.1. The summed E-state index contributed by atoms with van der Waals surface area (Å²) >= 11 is 0. The fourth-order valence-corrected chi connectivity index (χ4v) is 2.14. The van der Waals surface area contributed by atoms with Crippen molar-refractivity contribution < 1.29 is 23.6 Å². The Bertz CT molecular complexity index is 686. The molecule has 23 heavy (non-hydrogen) atoms. The third-order valence-corrected chi connectivity index (χ3v) is 3.35. The van der Waals surface area contributed by atoms with Crippen molar-refractivity contribution in [2.24, 2.45) is 0 Å². The molecule has 1 N–H and O–H groups in total. The molecule has 0 spiro atoms. The number of nitrogens with zero attached hydrogens (tertiary/aromatic N) is 2. The molecule has 1 aromatic carbocycles. The zero-order valence-corrected chi connectivity index (χ0v) is 12.7. The highest BCUT2D eigenvalue weighted by molar-refractivity contribution is 5.76. The Morgan fingerprint density at radius 2 is 2.17 bits per heavy atom. The Morgan fingerprint density at radius 1 is 1.30 bits per heavy atom. The lowest BCUT2D eigenvalue weighted by molar-refractivity contribution is -0.121. The number of carbonyl (C=O) groups excluding carboxylic acids is 1. The number of rotatable bonds is 7. The molecule has 0 unspecified atom stereocenters. The molecular weight excluding hydrogens is 302 g/mol. The van der Waals surface area contributed by atoms with Crippen molar-refractivity contribution in [3.63, 3.8) is 0 Å². The molecular formula is C15H17N3O5. The third-order valence-electron chi connectivity index (χ3n) is 3.35. The third kappa shape index (κ3) is 3.91. The van der Waals surface area contributed by atoms with Crippen LogP contribution < -0.4 is 19.5 Å². The Labute approximate surface area is 132 Å². The van der Waals surface area contributed by atoms with Gasteiger partial charge in [-0.1, -0.05) is 11.2 Å². The van der Waals surface area contributed by atoms with Gasteiger partial charge in [-0.3, -0.25) is 4.79 Å². The van der Waals surface area contributed by atoms with Gasteiger partial charge in [0.05, 0.1) is 6.54 Å². The summed E-state index contributed by atoms with van der Waals surface area (Å²) < 4.78 is 20.4. The fraction of sp³-hybridized carbons (Fsp3) is 0.400. The highest BCUT2D eigenvalue weighted by Crippen LogP contribution is 2.32. The highest BCUT2D eigenvalue weighted by atomic mass is 16.7. The van der Waals surface area contributed by atoms with Crippen molar-refractivity contribution in [3.05, 3.63) is 29.5 Å². The van der Waals surface area contributed by atoms with E-state index in [-0.39, 0.29) is 12.7 Å². The van der Waals surface area contributed by atoms with Crippen molar-refractivity contribution in [1.29, 1.82) is 0 Å². The first-order valence-corrected chi connectivity index (χ1v) is 7.29. The number of ether oxygens (including phenoxy) is 3. The topological polar surface area (TPSA) is 95.7 Å². The molecule has 0 atom stereocenters. The molecule has 0 bridgehead atoms. The minimum atomic E-state index is -0.0405. The van der Waals surface area contributed by atoms with Gasteiger partial charge in [0, 0.05) is 6.42 Å². The van der Waals surface area contributed by atoms with Gasteiger partial charge < -0.3 is 19.5 Å². The van der Waals surface area contributed by atoms with Crippen molar-refractivity contribution in [3.8, 4) is 17.4 Å². The average molecular weight is 319 g/mol. The summed E-state index contributed by atoms with van der Waals surface area (Å²) in [6.07, 6.45) is 1.03. The summed E-state index contributed by atoms with van der Waals surface area (Å²) in [5, 5.41) is 9.98.